The number of aliphatic hydroxyl groups excluding tert-OH is 1. The molecule has 2 aromatic rings. The Balaban J connectivity index is 1.85. The first-order valence-corrected chi connectivity index (χ1v) is 7.08. The fourth-order valence-electron chi connectivity index (χ4n) is 1.66. The first-order valence-electron chi connectivity index (χ1n) is 6.70. The molecule has 2 aromatic carbocycles. The van der Waals surface area contributed by atoms with Gasteiger partial charge in [0.1, 0.15) is 17.2 Å². The summed E-state index contributed by atoms with van der Waals surface area (Å²) in [4.78, 5) is 0. The van der Waals surface area contributed by atoms with Crippen LogP contribution in [-0.2, 0) is 0 Å². The third-order valence-corrected chi connectivity index (χ3v) is 3.12. The average Bonchev–Trinajstić information content (AvgIpc) is 2.51. The lowest BCUT2D eigenvalue weighted by atomic mass is 10.2. The number of hydrogen-bond acceptors (Lipinski definition) is 4. The van der Waals surface area contributed by atoms with Gasteiger partial charge in [-0.15, -0.1) is 0 Å². The first-order chi connectivity index (χ1) is 10.2. The molecule has 0 spiro atoms. The number of benzene rings is 2. The first kappa shape index (κ1) is 15.6. The molecule has 4 nitrogen and oxygen atoms in total. The summed E-state index contributed by atoms with van der Waals surface area (Å²) in [6.45, 7) is 0.441. The Bertz CT molecular complexity index is 542. The van der Waals surface area contributed by atoms with Crippen molar-refractivity contribution in [2.24, 2.45) is 5.73 Å². The maximum Gasteiger partial charge on any atom is 0.127 e. The summed E-state index contributed by atoms with van der Waals surface area (Å²) >= 11 is 5.82. The molecule has 1 unspecified atom stereocenters. The van der Waals surface area contributed by atoms with Crippen LogP contribution in [0.5, 0.6) is 17.2 Å². The quantitative estimate of drug-likeness (QED) is 0.824. The van der Waals surface area contributed by atoms with Crippen molar-refractivity contribution in [1.29, 1.82) is 0 Å². The highest BCUT2D eigenvalue weighted by molar-refractivity contribution is 6.30. The number of nitrogens with two attached hydrogens (primary N) is 1. The van der Waals surface area contributed by atoms with Crippen LogP contribution < -0.4 is 15.2 Å². The van der Waals surface area contributed by atoms with Crippen LogP contribution in [0.3, 0.4) is 0 Å². The van der Waals surface area contributed by atoms with Gasteiger partial charge in [0.15, 0.2) is 0 Å². The molecular weight excluding hydrogens is 290 g/mol. The Morgan fingerprint density at radius 1 is 0.952 bits per heavy atom. The summed E-state index contributed by atoms with van der Waals surface area (Å²) in [6.07, 6.45) is 0.611. The minimum atomic E-state index is -0.238. The molecule has 0 radical (unpaired) electrons. The summed E-state index contributed by atoms with van der Waals surface area (Å²) in [6, 6.07) is 14.2. The van der Waals surface area contributed by atoms with E-state index < -0.39 is 0 Å². The van der Waals surface area contributed by atoms with Crippen LogP contribution in [0.1, 0.15) is 6.42 Å². The van der Waals surface area contributed by atoms with Gasteiger partial charge in [-0.25, -0.2) is 0 Å². The van der Waals surface area contributed by atoms with E-state index >= 15 is 0 Å². The van der Waals surface area contributed by atoms with E-state index in [2.05, 4.69) is 0 Å². The summed E-state index contributed by atoms with van der Waals surface area (Å²) < 4.78 is 11.2. The molecule has 0 aliphatic rings. The molecule has 0 saturated heterocycles. The molecule has 3 N–H and O–H groups in total. The van der Waals surface area contributed by atoms with Gasteiger partial charge in [0.25, 0.3) is 0 Å². The van der Waals surface area contributed by atoms with Gasteiger partial charge in [-0.05, 0) is 55.0 Å². The molecule has 5 heteroatoms. The Hall–Kier alpha value is -1.75. The van der Waals surface area contributed by atoms with Gasteiger partial charge < -0.3 is 20.3 Å². The van der Waals surface area contributed by atoms with E-state index in [1.165, 1.54) is 0 Å². The van der Waals surface area contributed by atoms with E-state index in [1.807, 2.05) is 36.4 Å². The lowest BCUT2D eigenvalue weighted by Gasteiger charge is -2.10. The molecule has 0 aliphatic carbocycles. The predicted octanol–water partition coefficient (Wildman–Crippen LogP) is 3.22. The average molecular weight is 308 g/mol. The number of hydrogen-bond donors (Lipinski definition) is 2. The third kappa shape index (κ3) is 5.27. The Kier molecular flexibility index (Phi) is 5.87. The van der Waals surface area contributed by atoms with E-state index in [-0.39, 0.29) is 12.6 Å². The highest BCUT2D eigenvalue weighted by atomic mass is 35.5. The molecule has 0 aromatic heterocycles. The molecule has 0 bridgehead atoms. The minimum absolute atomic E-state index is 0.0305. The molecule has 112 valence electrons. The third-order valence-electron chi connectivity index (χ3n) is 2.86. The summed E-state index contributed by atoms with van der Waals surface area (Å²) in [5, 5.41) is 9.49. The van der Waals surface area contributed by atoms with Crippen molar-refractivity contribution in [2.45, 2.75) is 12.5 Å². The lowest BCUT2D eigenvalue weighted by molar-refractivity contribution is 0.230. The molecule has 21 heavy (non-hydrogen) atoms. The molecule has 1 atom stereocenters. The topological polar surface area (TPSA) is 64.7 Å². The molecule has 0 heterocycles. The van der Waals surface area contributed by atoms with Crippen LogP contribution in [0.4, 0.5) is 0 Å². The normalized spacial score (nSPS) is 12.0. The SMILES string of the molecule is NC(CO)CCOc1ccc(Oc2ccc(Cl)cc2)cc1. The highest BCUT2D eigenvalue weighted by Gasteiger charge is 2.02. The minimum Gasteiger partial charge on any atom is -0.494 e. The lowest BCUT2D eigenvalue weighted by Crippen LogP contribution is -2.26. The van der Waals surface area contributed by atoms with E-state index in [1.54, 1.807) is 12.1 Å². The van der Waals surface area contributed by atoms with E-state index in [4.69, 9.17) is 31.9 Å². The fourth-order valence-corrected chi connectivity index (χ4v) is 1.79. The number of halogens is 1. The van der Waals surface area contributed by atoms with Crippen LogP contribution in [0, 0.1) is 0 Å². The van der Waals surface area contributed by atoms with Gasteiger partial charge in [0, 0.05) is 11.1 Å². The Labute approximate surface area is 129 Å². The van der Waals surface area contributed by atoms with Crippen molar-refractivity contribution in [2.75, 3.05) is 13.2 Å². The van der Waals surface area contributed by atoms with Crippen LogP contribution in [0.25, 0.3) is 0 Å². The summed E-state index contributed by atoms with van der Waals surface area (Å²) in [7, 11) is 0. The van der Waals surface area contributed by atoms with Gasteiger partial charge in [-0.3, -0.25) is 0 Å². The van der Waals surface area contributed by atoms with E-state index in [0.29, 0.717) is 18.1 Å². The zero-order valence-electron chi connectivity index (χ0n) is 11.5. The van der Waals surface area contributed by atoms with Crippen molar-refractivity contribution in [3.05, 3.63) is 53.6 Å². The van der Waals surface area contributed by atoms with Crippen molar-refractivity contribution < 1.29 is 14.6 Å². The fraction of sp³-hybridized carbons (Fsp3) is 0.250. The summed E-state index contributed by atoms with van der Waals surface area (Å²) in [5.74, 6) is 2.18. The predicted molar refractivity (Wildman–Crippen MR) is 83.1 cm³/mol. The smallest absolute Gasteiger partial charge is 0.127 e. The maximum absolute atomic E-state index is 8.82. The number of rotatable bonds is 7. The second-order valence-electron chi connectivity index (χ2n) is 4.61. The molecule has 0 fully saturated rings. The van der Waals surface area contributed by atoms with Gasteiger partial charge in [-0.1, -0.05) is 11.6 Å². The van der Waals surface area contributed by atoms with Crippen molar-refractivity contribution in [3.63, 3.8) is 0 Å². The molecule has 0 aliphatic heterocycles. The van der Waals surface area contributed by atoms with Crippen molar-refractivity contribution >= 4 is 11.6 Å². The van der Waals surface area contributed by atoms with Gasteiger partial charge >= 0.3 is 0 Å². The molecule has 0 saturated carbocycles. The van der Waals surface area contributed by atoms with Crippen molar-refractivity contribution in [1.82, 2.24) is 0 Å². The zero-order chi connectivity index (χ0) is 15.1. The summed E-state index contributed by atoms with van der Waals surface area (Å²) in [5.41, 5.74) is 5.60. The zero-order valence-corrected chi connectivity index (χ0v) is 12.3. The van der Waals surface area contributed by atoms with Crippen molar-refractivity contribution in [3.8, 4) is 17.2 Å². The standard InChI is InChI=1S/C16H18ClNO3/c17-12-1-3-15(4-2-12)21-16-7-5-14(6-8-16)20-10-9-13(18)11-19/h1-8,13,19H,9-11,18H2. The number of ether oxygens (including phenoxy) is 2. The molecule has 2 rings (SSSR count). The second-order valence-corrected chi connectivity index (χ2v) is 5.04. The van der Waals surface area contributed by atoms with Crippen LogP contribution in [-0.4, -0.2) is 24.4 Å². The van der Waals surface area contributed by atoms with Gasteiger partial charge in [0.05, 0.1) is 13.2 Å². The maximum atomic E-state index is 8.82. The van der Waals surface area contributed by atoms with Crippen LogP contribution in [0.2, 0.25) is 5.02 Å². The van der Waals surface area contributed by atoms with Crippen LogP contribution in [0.15, 0.2) is 48.5 Å². The Morgan fingerprint density at radius 2 is 1.48 bits per heavy atom. The Morgan fingerprint density at radius 3 is 2.05 bits per heavy atom. The highest BCUT2D eigenvalue weighted by Crippen LogP contribution is 2.25. The van der Waals surface area contributed by atoms with E-state index in [0.717, 1.165) is 17.2 Å². The molecular formula is C16H18ClNO3. The largest absolute Gasteiger partial charge is 0.494 e. The van der Waals surface area contributed by atoms with Gasteiger partial charge in [-0.2, -0.15) is 0 Å². The second kappa shape index (κ2) is 7.88. The molecule has 0 amide bonds. The van der Waals surface area contributed by atoms with E-state index in [9.17, 15) is 0 Å². The van der Waals surface area contributed by atoms with Gasteiger partial charge in [0.2, 0.25) is 0 Å². The van der Waals surface area contributed by atoms with Crippen LogP contribution >= 0.6 is 11.6 Å². The monoisotopic (exact) mass is 307 g/mol. The number of aliphatic hydroxyl groups is 1.